The minimum absolute atomic E-state index is 0.132. The molecule has 0 radical (unpaired) electrons. The van der Waals surface area contributed by atoms with Crippen molar-refractivity contribution in [3.05, 3.63) is 52.6 Å². The quantitative estimate of drug-likeness (QED) is 0.656. The van der Waals surface area contributed by atoms with Gasteiger partial charge in [0.15, 0.2) is 11.6 Å². The number of aromatic amines is 1. The lowest BCUT2D eigenvalue weighted by Crippen LogP contribution is -2.15. The molecule has 0 atom stereocenters. The maximum absolute atomic E-state index is 12.0. The van der Waals surface area contributed by atoms with E-state index in [0.29, 0.717) is 16.0 Å². The molecule has 3 aromatic rings. The predicted molar refractivity (Wildman–Crippen MR) is 95.4 cm³/mol. The highest BCUT2D eigenvalue weighted by atomic mass is 35.5. The molecule has 6 nitrogen and oxygen atoms in total. The van der Waals surface area contributed by atoms with E-state index in [-0.39, 0.29) is 22.5 Å². The van der Waals surface area contributed by atoms with Gasteiger partial charge >= 0.3 is 0 Å². The number of aromatic nitrogens is 4. The van der Waals surface area contributed by atoms with Gasteiger partial charge in [-0.1, -0.05) is 65.3 Å². The Hall–Kier alpha value is -2.09. The van der Waals surface area contributed by atoms with Crippen molar-refractivity contribution in [1.29, 1.82) is 0 Å². The lowest BCUT2D eigenvalue weighted by molar-refractivity contribution is -0.113. The molecule has 2 heterocycles. The molecule has 2 N–H and O–H groups in total. The van der Waals surface area contributed by atoms with Gasteiger partial charge in [0.05, 0.1) is 15.8 Å². The number of hydrogen-bond acceptors (Lipinski definition) is 5. The smallest absolute Gasteiger partial charge is 0.236 e. The highest BCUT2D eigenvalue weighted by molar-refractivity contribution is 7.99. The Morgan fingerprint density at radius 3 is 2.79 bits per heavy atom. The second-order valence-electron chi connectivity index (χ2n) is 4.65. The Labute approximate surface area is 152 Å². The number of carbonyl (C=O) groups is 1. The topological polar surface area (TPSA) is 83.6 Å². The normalized spacial score (nSPS) is 10.6. The van der Waals surface area contributed by atoms with E-state index in [2.05, 4.69) is 25.5 Å². The van der Waals surface area contributed by atoms with Crippen LogP contribution in [0, 0.1) is 0 Å². The van der Waals surface area contributed by atoms with Crippen LogP contribution in [0.25, 0.3) is 11.4 Å². The summed E-state index contributed by atoms with van der Waals surface area (Å²) in [6.45, 7) is 0. The highest BCUT2D eigenvalue weighted by Crippen LogP contribution is 2.23. The zero-order valence-electron chi connectivity index (χ0n) is 12.2. The second-order valence-corrected chi connectivity index (χ2v) is 6.44. The van der Waals surface area contributed by atoms with Crippen molar-refractivity contribution in [3.8, 4) is 11.4 Å². The Morgan fingerprint density at radius 2 is 2.04 bits per heavy atom. The fourth-order valence-electron chi connectivity index (χ4n) is 1.84. The second kappa shape index (κ2) is 7.65. The lowest BCUT2D eigenvalue weighted by Gasteiger charge is -2.05. The van der Waals surface area contributed by atoms with Crippen LogP contribution in [0.5, 0.6) is 0 Å². The van der Waals surface area contributed by atoms with Crippen molar-refractivity contribution in [3.63, 3.8) is 0 Å². The molecule has 24 heavy (non-hydrogen) atoms. The van der Waals surface area contributed by atoms with E-state index < -0.39 is 0 Å². The number of anilines is 1. The summed E-state index contributed by atoms with van der Waals surface area (Å²) < 4.78 is 0. The summed E-state index contributed by atoms with van der Waals surface area (Å²) >= 11 is 12.9. The maximum Gasteiger partial charge on any atom is 0.236 e. The number of hydrogen-bond donors (Lipinski definition) is 2. The van der Waals surface area contributed by atoms with Crippen LogP contribution >= 0.6 is 35.0 Å². The molecule has 2 aromatic heterocycles. The van der Waals surface area contributed by atoms with Crippen molar-refractivity contribution in [1.82, 2.24) is 20.2 Å². The number of halogens is 2. The van der Waals surface area contributed by atoms with Gasteiger partial charge in [0.25, 0.3) is 0 Å². The molecule has 9 heteroatoms. The van der Waals surface area contributed by atoms with Crippen molar-refractivity contribution in [2.24, 2.45) is 0 Å². The average Bonchev–Trinajstić information content (AvgIpc) is 3.05. The van der Waals surface area contributed by atoms with Crippen LogP contribution < -0.4 is 5.32 Å². The van der Waals surface area contributed by atoms with Gasteiger partial charge in [-0.15, -0.1) is 5.10 Å². The number of carbonyl (C=O) groups excluding carboxylic acids is 1. The number of pyridine rings is 1. The summed E-state index contributed by atoms with van der Waals surface area (Å²) in [5, 5.41) is 10.7. The Kier molecular flexibility index (Phi) is 5.34. The molecule has 1 aromatic carbocycles. The van der Waals surface area contributed by atoms with Crippen LogP contribution in [0.3, 0.4) is 0 Å². The molecule has 122 valence electrons. The van der Waals surface area contributed by atoms with Crippen molar-refractivity contribution in [2.75, 3.05) is 11.1 Å². The molecule has 0 bridgehead atoms. The van der Waals surface area contributed by atoms with Crippen LogP contribution in [-0.2, 0) is 4.79 Å². The van der Waals surface area contributed by atoms with Crippen LogP contribution in [-0.4, -0.2) is 31.8 Å². The number of nitrogens with one attached hydrogen (secondary N) is 2. The number of H-pyrrole nitrogens is 1. The van der Waals surface area contributed by atoms with Crippen molar-refractivity contribution in [2.45, 2.75) is 5.16 Å². The van der Waals surface area contributed by atoms with Gasteiger partial charge in [-0.2, -0.15) is 0 Å². The van der Waals surface area contributed by atoms with E-state index in [0.717, 1.165) is 5.56 Å². The lowest BCUT2D eigenvalue weighted by atomic mass is 10.2. The van der Waals surface area contributed by atoms with E-state index >= 15 is 0 Å². The molecule has 0 aliphatic carbocycles. The highest BCUT2D eigenvalue weighted by Gasteiger charge is 2.11. The third-order valence-corrected chi connectivity index (χ3v) is 4.25. The molecule has 0 aliphatic heterocycles. The summed E-state index contributed by atoms with van der Waals surface area (Å²) in [7, 11) is 0. The molecule has 0 aliphatic rings. The van der Waals surface area contributed by atoms with Gasteiger partial charge in [-0.25, -0.2) is 9.97 Å². The van der Waals surface area contributed by atoms with Crippen molar-refractivity contribution < 1.29 is 4.79 Å². The SMILES string of the molecule is O=C(CSc1n[nH]c(-c2ccccc2)n1)Nc1ncc(Cl)cc1Cl. The van der Waals surface area contributed by atoms with Gasteiger partial charge in [-0.05, 0) is 6.07 Å². The fourth-order valence-corrected chi connectivity index (χ4v) is 2.87. The van der Waals surface area contributed by atoms with E-state index in [9.17, 15) is 4.79 Å². The Morgan fingerprint density at radius 1 is 1.25 bits per heavy atom. The number of nitrogens with zero attached hydrogens (tertiary/aromatic N) is 3. The molecule has 0 saturated carbocycles. The molecule has 0 unspecified atom stereocenters. The zero-order chi connectivity index (χ0) is 16.9. The fraction of sp³-hybridized carbons (Fsp3) is 0.0667. The van der Waals surface area contributed by atoms with Crippen molar-refractivity contribution >= 4 is 46.7 Å². The minimum atomic E-state index is -0.261. The first-order valence-corrected chi connectivity index (χ1v) is 8.57. The van der Waals surface area contributed by atoms with Crippen LogP contribution in [0.15, 0.2) is 47.8 Å². The molecule has 0 spiro atoms. The summed E-state index contributed by atoms with van der Waals surface area (Å²) in [5.74, 6) is 0.794. The molecular weight excluding hydrogens is 369 g/mol. The first kappa shape index (κ1) is 16.8. The minimum Gasteiger partial charge on any atom is -0.309 e. The zero-order valence-corrected chi connectivity index (χ0v) is 14.5. The number of amides is 1. The number of thioether (sulfide) groups is 1. The Balaban J connectivity index is 1.58. The molecule has 1 amide bonds. The van der Waals surface area contributed by atoms with E-state index in [1.807, 2.05) is 30.3 Å². The van der Waals surface area contributed by atoms with Crippen LogP contribution in [0.4, 0.5) is 5.82 Å². The largest absolute Gasteiger partial charge is 0.309 e. The molecule has 3 rings (SSSR count). The Bertz CT molecular complexity index is 856. The monoisotopic (exact) mass is 379 g/mol. The summed E-state index contributed by atoms with van der Waals surface area (Å²) in [5.41, 5.74) is 0.929. The summed E-state index contributed by atoms with van der Waals surface area (Å²) in [6, 6.07) is 11.1. The van der Waals surface area contributed by atoms with E-state index in [1.165, 1.54) is 24.0 Å². The third-order valence-electron chi connectivity index (χ3n) is 2.91. The average molecular weight is 380 g/mol. The van der Waals surface area contributed by atoms with Crippen LogP contribution in [0.1, 0.15) is 0 Å². The van der Waals surface area contributed by atoms with Gasteiger partial charge in [0.1, 0.15) is 0 Å². The summed E-state index contributed by atoms with van der Waals surface area (Å²) in [6.07, 6.45) is 1.41. The van der Waals surface area contributed by atoms with Crippen LogP contribution in [0.2, 0.25) is 10.0 Å². The molecule has 0 fully saturated rings. The standard InChI is InChI=1S/C15H11Cl2N5OS/c16-10-6-11(17)14(18-7-10)19-12(23)8-24-15-20-13(21-22-15)9-4-2-1-3-5-9/h1-7H,8H2,(H,18,19,23)(H,20,21,22). The van der Waals surface area contributed by atoms with Gasteiger partial charge in [-0.3, -0.25) is 9.89 Å². The first-order chi connectivity index (χ1) is 11.6. The summed E-state index contributed by atoms with van der Waals surface area (Å²) in [4.78, 5) is 20.3. The van der Waals surface area contributed by atoms with E-state index in [1.54, 1.807) is 0 Å². The maximum atomic E-state index is 12.0. The number of rotatable bonds is 5. The number of benzene rings is 1. The molecular formula is C15H11Cl2N5OS. The predicted octanol–water partition coefficient (Wildman–Crippen LogP) is 3.90. The molecule has 0 saturated heterocycles. The van der Waals surface area contributed by atoms with E-state index in [4.69, 9.17) is 23.2 Å². The van der Waals surface area contributed by atoms with Gasteiger partial charge < -0.3 is 5.32 Å². The van der Waals surface area contributed by atoms with Gasteiger partial charge in [0, 0.05) is 11.8 Å². The first-order valence-electron chi connectivity index (χ1n) is 6.83. The van der Waals surface area contributed by atoms with Gasteiger partial charge in [0.2, 0.25) is 11.1 Å². The third kappa shape index (κ3) is 4.25.